The zero-order valence-electron chi connectivity index (χ0n) is 14.4. The lowest BCUT2D eigenvalue weighted by Gasteiger charge is -2.38. The van der Waals surface area contributed by atoms with Crippen LogP contribution in [0, 0.1) is 11.7 Å². The van der Waals surface area contributed by atoms with Crippen LogP contribution >= 0.6 is 15.9 Å². The Kier molecular flexibility index (Phi) is 7.65. The monoisotopic (exact) mass is 400 g/mol. The van der Waals surface area contributed by atoms with Gasteiger partial charge in [0.15, 0.2) is 0 Å². The number of carbonyl (C=O) groups excluding carboxylic acids is 1. The Balaban J connectivity index is 2.04. The lowest BCUT2D eigenvalue weighted by Crippen LogP contribution is -2.52. The van der Waals surface area contributed by atoms with Crippen molar-refractivity contribution in [1.29, 1.82) is 0 Å². The maximum absolute atomic E-state index is 13.2. The third kappa shape index (κ3) is 5.01. The molecule has 1 aliphatic heterocycles. The van der Waals surface area contributed by atoms with E-state index in [4.69, 9.17) is 4.74 Å². The van der Waals surface area contributed by atoms with Gasteiger partial charge in [-0.1, -0.05) is 26.7 Å². The lowest BCUT2D eigenvalue weighted by atomic mass is 9.92. The molecule has 1 amide bonds. The third-order valence-corrected chi connectivity index (χ3v) is 5.41. The van der Waals surface area contributed by atoms with Crippen molar-refractivity contribution < 1.29 is 13.9 Å². The van der Waals surface area contributed by atoms with Gasteiger partial charge in [0.2, 0.25) is 0 Å². The van der Waals surface area contributed by atoms with Gasteiger partial charge in [-0.2, -0.15) is 0 Å². The number of amides is 1. The van der Waals surface area contributed by atoms with Gasteiger partial charge in [-0.05, 0) is 40.0 Å². The Morgan fingerprint density at radius 3 is 2.58 bits per heavy atom. The SMILES string of the molecule is CCC(CC)[C@H](CNC(=O)c1ccc(F)cc1Br)N1CCOCC1. The van der Waals surface area contributed by atoms with Gasteiger partial charge in [0.05, 0.1) is 18.8 Å². The van der Waals surface area contributed by atoms with Crippen LogP contribution in [0.25, 0.3) is 0 Å². The van der Waals surface area contributed by atoms with Crippen LogP contribution in [0.3, 0.4) is 0 Å². The highest BCUT2D eigenvalue weighted by atomic mass is 79.9. The molecule has 0 unspecified atom stereocenters. The first-order chi connectivity index (χ1) is 11.6. The molecule has 6 heteroatoms. The van der Waals surface area contributed by atoms with E-state index in [0.717, 1.165) is 39.1 Å². The minimum Gasteiger partial charge on any atom is -0.379 e. The molecule has 0 saturated carbocycles. The summed E-state index contributed by atoms with van der Waals surface area (Å²) in [5.74, 6) is -0.00667. The predicted molar refractivity (Wildman–Crippen MR) is 96.7 cm³/mol. The number of rotatable bonds is 7. The highest BCUT2D eigenvalue weighted by Gasteiger charge is 2.27. The number of hydrogen-bond acceptors (Lipinski definition) is 3. The molecular weight excluding hydrogens is 375 g/mol. The molecule has 0 aromatic heterocycles. The molecule has 1 heterocycles. The molecule has 0 spiro atoms. The van der Waals surface area contributed by atoms with Crippen molar-refractivity contribution in [3.8, 4) is 0 Å². The fourth-order valence-corrected chi connectivity index (χ4v) is 3.83. The highest BCUT2D eigenvalue weighted by Crippen LogP contribution is 2.21. The third-order valence-electron chi connectivity index (χ3n) is 4.76. The number of nitrogens with one attached hydrogen (secondary N) is 1. The fourth-order valence-electron chi connectivity index (χ4n) is 3.30. The van der Waals surface area contributed by atoms with Crippen molar-refractivity contribution in [1.82, 2.24) is 10.2 Å². The van der Waals surface area contributed by atoms with E-state index in [2.05, 4.69) is 40.0 Å². The molecule has 1 saturated heterocycles. The summed E-state index contributed by atoms with van der Waals surface area (Å²) in [5.41, 5.74) is 0.460. The quantitative estimate of drug-likeness (QED) is 0.761. The number of hydrogen-bond donors (Lipinski definition) is 1. The van der Waals surface area contributed by atoms with E-state index in [9.17, 15) is 9.18 Å². The molecule has 134 valence electrons. The van der Waals surface area contributed by atoms with E-state index in [0.29, 0.717) is 28.5 Å². The number of carbonyl (C=O) groups is 1. The van der Waals surface area contributed by atoms with Crippen molar-refractivity contribution >= 4 is 21.8 Å². The van der Waals surface area contributed by atoms with Crippen LogP contribution in [0.15, 0.2) is 22.7 Å². The Morgan fingerprint density at radius 2 is 2.00 bits per heavy atom. The first-order valence-electron chi connectivity index (χ1n) is 8.61. The van der Waals surface area contributed by atoms with Crippen LogP contribution in [0.1, 0.15) is 37.0 Å². The first kappa shape index (κ1) is 19.3. The van der Waals surface area contributed by atoms with E-state index in [1.807, 2.05) is 0 Å². The second-order valence-corrected chi connectivity index (χ2v) is 6.98. The summed E-state index contributed by atoms with van der Waals surface area (Å²) in [6.45, 7) is 8.27. The van der Waals surface area contributed by atoms with Crippen molar-refractivity contribution in [3.63, 3.8) is 0 Å². The predicted octanol–water partition coefficient (Wildman–Crippen LogP) is 3.46. The van der Waals surface area contributed by atoms with Gasteiger partial charge < -0.3 is 10.1 Å². The number of halogens is 2. The molecule has 1 aromatic rings. The summed E-state index contributed by atoms with van der Waals surface area (Å²) < 4.78 is 19.1. The zero-order chi connectivity index (χ0) is 17.5. The van der Waals surface area contributed by atoms with Crippen LogP contribution < -0.4 is 5.32 Å². The highest BCUT2D eigenvalue weighted by molar-refractivity contribution is 9.10. The maximum Gasteiger partial charge on any atom is 0.252 e. The molecule has 1 atom stereocenters. The molecule has 1 N–H and O–H groups in total. The zero-order valence-corrected chi connectivity index (χ0v) is 15.9. The standard InChI is InChI=1S/C18H26BrFN2O2/c1-3-13(4-2)17(22-7-9-24-10-8-22)12-21-18(23)15-6-5-14(20)11-16(15)19/h5-6,11,13,17H,3-4,7-10,12H2,1-2H3,(H,21,23)/t17-/m0/s1. The van der Waals surface area contributed by atoms with Crippen LogP contribution in [0.5, 0.6) is 0 Å². The van der Waals surface area contributed by atoms with Crippen LogP contribution in [-0.4, -0.2) is 49.7 Å². The van der Waals surface area contributed by atoms with Gasteiger partial charge in [-0.3, -0.25) is 9.69 Å². The van der Waals surface area contributed by atoms with Gasteiger partial charge in [0.25, 0.3) is 5.91 Å². The maximum atomic E-state index is 13.2. The number of ether oxygens (including phenoxy) is 1. The van der Waals surface area contributed by atoms with Crippen molar-refractivity contribution in [2.24, 2.45) is 5.92 Å². The van der Waals surface area contributed by atoms with Gasteiger partial charge in [-0.25, -0.2) is 4.39 Å². The molecule has 2 rings (SSSR count). The number of benzene rings is 1. The topological polar surface area (TPSA) is 41.6 Å². The van der Waals surface area contributed by atoms with Crippen LogP contribution in [-0.2, 0) is 4.74 Å². The average molecular weight is 401 g/mol. The van der Waals surface area contributed by atoms with Gasteiger partial charge in [0, 0.05) is 30.1 Å². The largest absolute Gasteiger partial charge is 0.379 e. The number of nitrogens with zero attached hydrogens (tertiary/aromatic N) is 1. The number of morpholine rings is 1. The Morgan fingerprint density at radius 1 is 1.33 bits per heavy atom. The normalized spacial score (nSPS) is 17.0. The molecule has 0 radical (unpaired) electrons. The Bertz CT molecular complexity index is 546. The lowest BCUT2D eigenvalue weighted by molar-refractivity contribution is 0.00191. The average Bonchev–Trinajstić information content (AvgIpc) is 2.59. The summed E-state index contributed by atoms with van der Waals surface area (Å²) in [6.07, 6.45) is 2.16. The smallest absolute Gasteiger partial charge is 0.252 e. The molecule has 24 heavy (non-hydrogen) atoms. The summed E-state index contributed by atoms with van der Waals surface area (Å²) >= 11 is 3.26. The van der Waals surface area contributed by atoms with E-state index < -0.39 is 0 Å². The van der Waals surface area contributed by atoms with Crippen LogP contribution in [0.4, 0.5) is 4.39 Å². The Labute approximate surface area is 151 Å². The molecule has 1 aromatic carbocycles. The first-order valence-corrected chi connectivity index (χ1v) is 9.41. The van der Waals surface area contributed by atoms with Gasteiger partial charge >= 0.3 is 0 Å². The van der Waals surface area contributed by atoms with Gasteiger partial charge in [0.1, 0.15) is 5.82 Å². The van der Waals surface area contributed by atoms with Crippen LogP contribution in [0.2, 0.25) is 0 Å². The second-order valence-electron chi connectivity index (χ2n) is 6.13. The fraction of sp³-hybridized carbons (Fsp3) is 0.611. The minimum atomic E-state index is -0.360. The van der Waals surface area contributed by atoms with Crippen molar-refractivity contribution in [2.75, 3.05) is 32.8 Å². The van der Waals surface area contributed by atoms with E-state index >= 15 is 0 Å². The summed E-state index contributed by atoms with van der Waals surface area (Å²) in [4.78, 5) is 14.9. The van der Waals surface area contributed by atoms with E-state index in [1.54, 1.807) is 0 Å². The minimum absolute atomic E-state index is 0.175. The van der Waals surface area contributed by atoms with Crippen molar-refractivity contribution in [2.45, 2.75) is 32.7 Å². The summed E-state index contributed by atoms with van der Waals surface area (Å²) in [6, 6.07) is 4.43. The van der Waals surface area contributed by atoms with Crippen molar-refractivity contribution in [3.05, 3.63) is 34.1 Å². The molecule has 1 fully saturated rings. The molecule has 0 aliphatic carbocycles. The van der Waals surface area contributed by atoms with Gasteiger partial charge in [-0.15, -0.1) is 0 Å². The summed E-state index contributed by atoms with van der Waals surface area (Å²) in [7, 11) is 0. The van der Waals surface area contributed by atoms with E-state index in [1.165, 1.54) is 18.2 Å². The molecule has 0 bridgehead atoms. The molecular formula is C18H26BrFN2O2. The molecule has 4 nitrogen and oxygen atoms in total. The Hall–Kier alpha value is -0.980. The summed E-state index contributed by atoms with van der Waals surface area (Å²) in [5, 5.41) is 3.03. The van der Waals surface area contributed by atoms with E-state index in [-0.39, 0.29) is 11.7 Å². The second kappa shape index (κ2) is 9.49. The molecule has 1 aliphatic rings.